The molecule has 0 bridgehead atoms. The number of aromatic nitrogens is 1. The fourth-order valence-electron chi connectivity index (χ4n) is 1.72. The molecule has 2 rings (SSSR count). The molecule has 0 aliphatic carbocycles. The molecular formula is C13H12F2N2O. The van der Waals surface area contributed by atoms with Gasteiger partial charge in [0.2, 0.25) is 0 Å². The van der Waals surface area contributed by atoms with E-state index in [-0.39, 0.29) is 16.9 Å². The zero-order valence-corrected chi connectivity index (χ0v) is 9.69. The lowest BCUT2D eigenvalue weighted by Crippen LogP contribution is -2.08. The van der Waals surface area contributed by atoms with Crippen LogP contribution in [0.5, 0.6) is 0 Å². The van der Waals surface area contributed by atoms with E-state index in [9.17, 15) is 13.9 Å². The first-order valence-corrected chi connectivity index (χ1v) is 5.34. The number of anilines is 1. The van der Waals surface area contributed by atoms with E-state index in [1.54, 1.807) is 13.0 Å². The molecule has 0 aliphatic rings. The molecule has 1 aromatic heterocycles. The molecule has 2 aromatic rings. The molecule has 0 aliphatic heterocycles. The molecule has 0 fully saturated rings. The molecule has 3 N–H and O–H groups in total. The smallest absolute Gasteiger partial charge is 0.164 e. The molecule has 0 amide bonds. The number of nitrogens with two attached hydrogens (primary N) is 1. The van der Waals surface area contributed by atoms with Gasteiger partial charge in [0.25, 0.3) is 0 Å². The van der Waals surface area contributed by atoms with Gasteiger partial charge < -0.3 is 10.8 Å². The van der Waals surface area contributed by atoms with Gasteiger partial charge in [0.05, 0.1) is 0 Å². The van der Waals surface area contributed by atoms with Crippen molar-refractivity contribution in [2.45, 2.75) is 13.0 Å². The highest BCUT2D eigenvalue weighted by molar-refractivity contribution is 5.46. The standard InChI is InChI=1S/C13H12F2N2O/c1-7-5-9(13(16)17-6-7)12(18)8-3-2-4-10(14)11(8)15/h2-6,12,18H,1H3,(H2,16,17). The van der Waals surface area contributed by atoms with Crippen molar-refractivity contribution in [3.63, 3.8) is 0 Å². The number of halogens is 2. The largest absolute Gasteiger partial charge is 0.383 e. The Morgan fingerprint density at radius 1 is 1.28 bits per heavy atom. The third-order valence-corrected chi connectivity index (χ3v) is 2.66. The van der Waals surface area contributed by atoms with E-state index in [0.717, 1.165) is 11.6 Å². The van der Waals surface area contributed by atoms with E-state index in [1.807, 2.05) is 0 Å². The summed E-state index contributed by atoms with van der Waals surface area (Å²) in [7, 11) is 0. The SMILES string of the molecule is Cc1cnc(N)c(C(O)c2cccc(F)c2F)c1. The van der Waals surface area contributed by atoms with Crippen molar-refractivity contribution in [3.05, 3.63) is 58.8 Å². The maximum atomic E-state index is 13.6. The van der Waals surface area contributed by atoms with E-state index >= 15 is 0 Å². The van der Waals surface area contributed by atoms with Crippen LogP contribution >= 0.6 is 0 Å². The number of hydrogen-bond acceptors (Lipinski definition) is 3. The minimum atomic E-state index is -1.34. The van der Waals surface area contributed by atoms with E-state index in [4.69, 9.17) is 5.73 Å². The number of rotatable bonds is 2. The molecule has 1 aromatic carbocycles. The molecule has 94 valence electrons. The number of pyridine rings is 1. The molecule has 0 saturated heterocycles. The predicted molar refractivity (Wildman–Crippen MR) is 63.8 cm³/mol. The van der Waals surface area contributed by atoms with Gasteiger partial charge in [-0.05, 0) is 24.6 Å². The molecule has 1 heterocycles. The zero-order valence-electron chi connectivity index (χ0n) is 9.69. The van der Waals surface area contributed by atoms with Gasteiger partial charge in [0.15, 0.2) is 11.6 Å². The highest BCUT2D eigenvalue weighted by Gasteiger charge is 2.20. The number of aryl methyl sites for hydroxylation is 1. The number of hydrogen-bond donors (Lipinski definition) is 2. The van der Waals surface area contributed by atoms with E-state index in [1.165, 1.54) is 18.3 Å². The molecule has 0 saturated carbocycles. The Bertz CT molecular complexity index is 585. The lowest BCUT2D eigenvalue weighted by molar-refractivity contribution is 0.213. The maximum absolute atomic E-state index is 13.6. The monoisotopic (exact) mass is 250 g/mol. The Kier molecular flexibility index (Phi) is 3.25. The van der Waals surface area contributed by atoms with Crippen LogP contribution in [-0.2, 0) is 0 Å². The third-order valence-electron chi connectivity index (χ3n) is 2.66. The Morgan fingerprint density at radius 2 is 2.00 bits per heavy atom. The maximum Gasteiger partial charge on any atom is 0.164 e. The first-order chi connectivity index (χ1) is 8.50. The molecule has 1 atom stereocenters. The van der Waals surface area contributed by atoms with E-state index < -0.39 is 17.7 Å². The quantitative estimate of drug-likeness (QED) is 0.860. The second-order valence-corrected chi connectivity index (χ2v) is 4.03. The highest BCUT2D eigenvalue weighted by atomic mass is 19.2. The van der Waals surface area contributed by atoms with Gasteiger partial charge in [0, 0.05) is 17.3 Å². The summed E-state index contributed by atoms with van der Waals surface area (Å²) in [5, 5.41) is 10.1. The second-order valence-electron chi connectivity index (χ2n) is 4.03. The first-order valence-electron chi connectivity index (χ1n) is 5.34. The summed E-state index contributed by atoms with van der Waals surface area (Å²) < 4.78 is 26.7. The number of aliphatic hydroxyl groups excluding tert-OH is 1. The second kappa shape index (κ2) is 4.70. The summed E-state index contributed by atoms with van der Waals surface area (Å²) in [6.07, 6.45) is 0.195. The van der Waals surface area contributed by atoms with Crippen molar-refractivity contribution >= 4 is 5.82 Å². The van der Waals surface area contributed by atoms with Crippen LogP contribution < -0.4 is 5.73 Å². The minimum Gasteiger partial charge on any atom is -0.383 e. The van der Waals surface area contributed by atoms with Crippen molar-refractivity contribution in [3.8, 4) is 0 Å². The van der Waals surface area contributed by atoms with Gasteiger partial charge in [-0.1, -0.05) is 12.1 Å². The van der Waals surface area contributed by atoms with Gasteiger partial charge in [-0.25, -0.2) is 13.8 Å². The van der Waals surface area contributed by atoms with Crippen LogP contribution in [0.2, 0.25) is 0 Å². The Balaban J connectivity index is 2.51. The van der Waals surface area contributed by atoms with Crippen LogP contribution in [0.1, 0.15) is 22.8 Å². The highest BCUT2D eigenvalue weighted by Crippen LogP contribution is 2.28. The van der Waals surface area contributed by atoms with Gasteiger partial charge >= 0.3 is 0 Å². The summed E-state index contributed by atoms with van der Waals surface area (Å²) >= 11 is 0. The summed E-state index contributed by atoms with van der Waals surface area (Å²) in [6, 6.07) is 5.22. The fraction of sp³-hybridized carbons (Fsp3) is 0.154. The average molecular weight is 250 g/mol. The van der Waals surface area contributed by atoms with Crippen molar-refractivity contribution in [1.29, 1.82) is 0 Å². The summed E-state index contributed by atoms with van der Waals surface area (Å²) in [4.78, 5) is 3.88. The number of nitrogen functional groups attached to an aromatic ring is 1. The fourth-order valence-corrected chi connectivity index (χ4v) is 1.72. The van der Waals surface area contributed by atoms with Crippen molar-refractivity contribution < 1.29 is 13.9 Å². The average Bonchev–Trinajstić information content (AvgIpc) is 2.35. The van der Waals surface area contributed by atoms with Crippen molar-refractivity contribution in [1.82, 2.24) is 4.98 Å². The van der Waals surface area contributed by atoms with Crippen LogP contribution in [0.4, 0.5) is 14.6 Å². The molecule has 0 spiro atoms. The first kappa shape index (κ1) is 12.4. The number of benzene rings is 1. The minimum absolute atomic E-state index is 0.0942. The molecular weight excluding hydrogens is 238 g/mol. The number of aliphatic hydroxyl groups is 1. The summed E-state index contributed by atoms with van der Waals surface area (Å²) in [6.45, 7) is 1.77. The van der Waals surface area contributed by atoms with Gasteiger partial charge in [-0.2, -0.15) is 0 Å². The Hall–Kier alpha value is -2.01. The summed E-state index contributed by atoms with van der Waals surface area (Å²) in [5.41, 5.74) is 6.51. The van der Waals surface area contributed by atoms with Crippen LogP contribution in [0.25, 0.3) is 0 Å². The predicted octanol–water partition coefficient (Wildman–Crippen LogP) is 2.33. The molecule has 3 nitrogen and oxygen atoms in total. The van der Waals surface area contributed by atoms with Crippen LogP contribution in [-0.4, -0.2) is 10.1 Å². The van der Waals surface area contributed by atoms with E-state index in [0.29, 0.717) is 0 Å². The topological polar surface area (TPSA) is 59.1 Å². The van der Waals surface area contributed by atoms with Gasteiger partial charge in [0.1, 0.15) is 11.9 Å². The number of nitrogens with zero attached hydrogens (tertiary/aromatic N) is 1. The molecule has 1 unspecified atom stereocenters. The van der Waals surface area contributed by atoms with Crippen molar-refractivity contribution in [2.75, 3.05) is 5.73 Å². The lowest BCUT2D eigenvalue weighted by Gasteiger charge is -2.14. The molecule has 0 radical (unpaired) electrons. The molecule has 5 heteroatoms. The van der Waals surface area contributed by atoms with Crippen LogP contribution in [0, 0.1) is 18.6 Å². The Labute approximate surface area is 103 Å². The lowest BCUT2D eigenvalue weighted by atomic mass is 10.0. The normalized spacial score (nSPS) is 12.4. The summed E-state index contributed by atoms with van der Waals surface area (Å²) in [5.74, 6) is -1.99. The Morgan fingerprint density at radius 3 is 2.72 bits per heavy atom. The van der Waals surface area contributed by atoms with Gasteiger partial charge in [-0.15, -0.1) is 0 Å². The third kappa shape index (κ3) is 2.17. The van der Waals surface area contributed by atoms with E-state index in [2.05, 4.69) is 4.98 Å². The van der Waals surface area contributed by atoms with Crippen molar-refractivity contribution in [2.24, 2.45) is 0 Å². The van der Waals surface area contributed by atoms with Crippen LogP contribution in [0.15, 0.2) is 30.5 Å². The molecule has 18 heavy (non-hydrogen) atoms. The van der Waals surface area contributed by atoms with Gasteiger partial charge in [-0.3, -0.25) is 0 Å². The van der Waals surface area contributed by atoms with Crippen LogP contribution in [0.3, 0.4) is 0 Å². The zero-order chi connectivity index (χ0) is 13.3.